The molecule has 14 heteroatoms. The molecule has 0 bridgehead atoms. The van der Waals surface area contributed by atoms with Gasteiger partial charge in [0.25, 0.3) is 0 Å². The molecule has 0 aliphatic carbocycles. The number of aliphatic hydroxyl groups is 1. The molecule has 0 saturated carbocycles. The van der Waals surface area contributed by atoms with Crippen molar-refractivity contribution in [2.24, 2.45) is 17.9 Å². The SMILES string of the molecule is Cn1c(CN2CCN([C@H](C(=O)N[C@@H](Cc3ccccc3)C[C@@H](O)[C@H](Cc3ccc(-c4ccccn4)cc3)NC(=O)[C@@H](NC(=O)O)C(C)(C)C)C(C)(C)C)C2=O)nc2ccccc21. The summed E-state index contributed by atoms with van der Waals surface area (Å²) in [6.45, 7) is 12.1. The Morgan fingerprint density at radius 3 is 2.05 bits per heavy atom. The summed E-state index contributed by atoms with van der Waals surface area (Å²) in [4.78, 5) is 67.1. The maximum Gasteiger partial charge on any atom is 0.405 e. The molecule has 0 spiro atoms. The molecular formula is C48H60N8O6. The molecule has 5 aromatic rings. The number of aryl methyl sites for hydroxylation is 1. The van der Waals surface area contributed by atoms with Crippen LogP contribution >= 0.6 is 0 Å². The summed E-state index contributed by atoms with van der Waals surface area (Å²) >= 11 is 0. The number of hydrogen-bond acceptors (Lipinski definition) is 7. The number of nitrogens with zero attached hydrogens (tertiary/aromatic N) is 5. The molecule has 3 aromatic carbocycles. The third-order valence-corrected chi connectivity index (χ3v) is 11.5. The van der Waals surface area contributed by atoms with Crippen LogP contribution in [0.4, 0.5) is 9.59 Å². The predicted molar refractivity (Wildman–Crippen MR) is 239 cm³/mol. The molecule has 5 amide bonds. The first kappa shape index (κ1) is 45.3. The monoisotopic (exact) mass is 844 g/mol. The molecule has 3 heterocycles. The molecule has 5 atom stereocenters. The van der Waals surface area contributed by atoms with Crippen LogP contribution in [0.25, 0.3) is 22.3 Å². The van der Waals surface area contributed by atoms with Crippen molar-refractivity contribution < 1.29 is 29.4 Å². The summed E-state index contributed by atoms with van der Waals surface area (Å²) in [6.07, 6.45) is -0.213. The number of pyridine rings is 1. The van der Waals surface area contributed by atoms with Gasteiger partial charge in [-0.15, -0.1) is 0 Å². The molecule has 0 radical (unpaired) electrons. The van der Waals surface area contributed by atoms with E-state index in [-0.39, 0.29) is 24.8 Å². The quantitative estimate of drug-likeness (QED) is 0.0781. The lowest BCUT2D eigenvalue weighted by molar-refractivity contribution is -0.130. The fourth-order valence-corrected chi connectivity index (χ4v) is 8.27. The second-order valence-corrected chi connectivity index (χ2v) is 18.4. The van der Waals surface area contributed by atoms with E-state index in [0.717, 1.165) is 39.2 Å². The Morgan fingerprint density at radius 1 is 0.758 bits per heavy atom. The van der Waals surface area contributed by atoms with E-state index in [1.807, 2.05) is 129 Å². The highest BCUT2D eigenvalue weighted by Gasteiger charge is 2.44. The molecule has 0 unspecified atom stereocenters. The number of carbonyl (C=O) groups is 4. The number of nitrogens with one attached hydrogen (secondary N) is 3. The highest BCUT2D eigenvalue weighted by atomic mass is 16.4. The summed E-state index contributed by atoms with van der Waals surface area (Å²) in [6, 6.07) is 27.0. The molecule has 2 aromatic heterocycles. The van der Waals surface area contributed by atoms with Crippen molar-refractivity contribution >= 4 is 35.0 Å². The average molecular weight is 845 g/mol. The van der Waals surface area contributed by atoms with Crippen molar-refractivity contribution in [2.45, 2.75) is 97.6 Å². The minimum Gasteiger partial charge on any atom is -0.465 e. The number of benzene rings is 3. The summed E-state index contributed by atoms with van der Waals surface area (Å²) in [5, 5.41) is 30.4. The first-order chi connectivity index (χ1) is 29.4. The first-order valence-corrected chi connectivity index (χ1v) is 21.2. The fraction of sp³-hybridized carbons (Fsp3) is 0.417. The Labute approximate surface area is 363 Å². The van der Waals surface area contributed by atoms with E-state index >= 15 is 0 Å². The topological polar surface area (TPSA) is 182 Å². The van der Waals surface area contributed by atoms with Gasteiger partial charge in [-0.3, -0.25) is 14.6 Å². The summed E-state index contributed by atoms with van der Waals surface area (Å²) in [7, 11) is 1.93. The van der Waals surface area contributed by atoms with Crippen LogP contribution in [0.3, 0.4) is 0 Å². The zero-order chi connectivity index (χ0) is 44.8. The molecule has 1 fully saturated rings. The maximum absolute atomic E-state index is 14.7. The van der Waals surface area contributed by atoms with Crippen LogP contribution in [0.1, 0.15) is 64.9 Å². The van der Waals surface area contributed by atoms with E-state index in [0.29, 0.717) is 26.1 Å². The minimum absolute atomic E-state index is 0.0355. The van der Waals surface area contributed by atoms with Gasteiger partial charge in [-0.25, -0.2) is 14.6 Å². The lowest BCUT2D eigenvalue weighted by atomic mass is 9.84. The molecule has 6 rings (SSSR count). The minimum atomic E-state index is -1.34. The number of aromatic nitrogens is 3. The van der Waals surface area contributed by atoms with Gasteiger partial charge in [-0.05, 0) is 65.5 Å². The Balaban J connectivity index is 1.25. The van der Waals surface area contributed by atoms with Crippen molar-refractivity contribution in [2.75, 3.05) is 13.1 Å². The number of urea groups is 1. The number of fused-ring (bicyclic) bond motifs is 1. The van der Waals surface area contributed by atoms with Crippen molar-refractivity contribution in [3.8, 4) is 11.3 Å². The number of carbonyl (C=O) groups excluding carboxylic acids is 3. The number of amides is 5. The largest absolute Gasteiger partial charge is 0.465 e. The van der Waals surface area contributed by atoms with Gasteiger partial charge >= 0.3 is 12.1 Å². The molecule has 1 aliphatic rings. The molecule has 328 valence electrons. The number of carboxylic acid groups (broad SMARTS) is 1. The molecule has 14 nitrogen and oxygen atoms in total. The number of rotatable bonds is 16. The summed E-state index contributed by atoms with van der Waals surface area (Å²) in [5.74, 6) is -0.192. The van der Waals surface area contributed by atoms with Crippen LogP contribution in [0.2, 0.25) is 0 Å². The smallest absolute Gasteiger partial charge is 0.405 e. The maximum atomic E-state index is 14.7. The standard InChI is InChI=1S/C48H60N8O6/c1-47(2,3)41(53-45(60)61)43(58)52-37(28-32-20-22-33(23-21-32)35-17-13-14-24-49-35)39(57)29-34(27-31-15-9-8-10-16-31)50-44(59)42(48(4,5)6)56-26-25-55(46(56)62)30-40-51-36-18-11-12-19-38(36)54(40)7/h8-24,34,37,39,41-42,53,57H,25-30H2,1-7H3,(H,50,59)(H,52,58)(H,60,61)/t34-,37-,39+,41+,42+/m0/s1. The number of hydrogen-bond donors (Lipinski definition) is 5. The van der Waals surface area contributed by atoms with Gasteiger partial charge in [-0.1, -0.05) is 114 Å². The van der Waals surface area contributed by atoms with E-state index in [2.05, 4.69) is 20.9 Å². The van der Waals surface area contributed by atoms with Gasteiger partial charge in [0, 0.05) is 37.9 Å². The van der Waals surface area contributed by atoms with Crippen LogP contribution in [0.15, 0.2) is 103 Å². The van der Waals surface area contributed by atoms with Crippen LogP contribution in [-0.2, 0) is 36.0 Å². The van der Waals surface area contributed by atoms with Gasteiger partial charge < -0.3 is 40.5 Å². The lowest BCUT2D eigenvalue weighted by Crippen LogP contribution is -2.59. The highest BCUT2D eigenvalue weighted by Crippen LogP contribution is 2.30. The molecule has 1 saturated heterocycles. The average Bonchev–Trinajstić information content (AvgIpc) is 3.73. The van der Waals surface area contributed by atoms with Crippen molar-refractivity contribution in [1.29, 1.82) is 0 Å². The summed E-state index contributed by atoms with van der Waals surface area (Å²) < 4.78 is 1.98. The zero-order valence-corrected chi connectivity index (χ0v) is 36.7. The lowest BCUT2D eigenvalue weighted by Gasteiger charge is -2.38. The van der Waals surface area contributed by atoms with Crippen molar-refractivity contribution in [3.63, 3.8) is 0 Å². The second-order valence-electron chi connectivity index (χ2n) is 18.4. The van der Waals surface area contributed by atoms with Gasteiger partial charge in [-0.2, -0.15) is 0 Å². The Morgan fingerprint density at radius 2 is 1.42 bits per heavy atom. The third kappa shape index (κ3) is 11.1. The summed E-state index contributed by atoms with van der Waals surface area (Å²) in [5.41, 5.74) is 3.80. The van der Waals surface area contributed by atoms with E-state index in [4.69, 9.17) is 4.98 Å². The highest BCUT2D eigenvalue weighted by molar-refractivity contribution is 5.89. The van der Waals surface area contributed by atoms with Crippen LogP contribution in [0, 0.1) is 10.8 Å². The van der Waals surface area contributed by atoms with Gasteiger partial charge in [0.15, 0.2) is 0 Å². The van der Waals surface area contributed by atoms with E-state index in [1.54, 1.807) is 36.8 Å². The van der Waals surface area contributed by atoms with E-state index < -0.39 is 53.1 Å². The first-order valence-electron chi connectivity index (χ1n) is 21.2. The van der Waals surface area contributed by atoms with E-state index in [9.17, 15) is 29.4 Å². The molecule has 1 aliphatic heterocycles. The number of imidazole rings is 1. The van der Waals surface area contributed by atoms with Crippen molar-refractivity contribution in [1.82, 2.24) is 40.3 Å². The Bertz CT molecular complexity index is 2320. The van der Waals surface area contributed by atoms with Crippen LogP contribution < -0.4 is 16.0 Å². The van der Waals surface area contributed by atoms with Crippen LogP contribution in [-0.4, -0.2) is 102 Å². The zero-order valence-electron chi connectivity index (χ0n) is 36.7. The Kier molecular flexibility index (Phi) is 14.0. The van der Waals surface area contributed by atoms with Gasteiger partial charge in [0.1, 0.15) is 17.9 Å². The van der Waals surface area contributed by atoms with Crippen molar-refractivity contribution in [3.05, 3.63) is 120 Å². The number of para-hydroxylation sites is 2. The fourth-order valence-electron chi connectivity index (χ4n) is 8.27. The van der Waals surface area contributed by atoms with E-state index in [1.165, 1.54) is 0 Å². The normalized spacial score (nSPS) is 15.8. The third-order valence-electron chi connectivity index (χ3n) is 11.5. The Hall–Kier alpha value is -6.28. The molecule has 5 N–H and O–H groups in total. The van der Waals surface area contributed by atoms with Gasteiger partial charge in [0.05, 0.1) is 35.4 Å². The van der Waals surface area contributed by atoms with Gasteiger partial charge in [0.2, 0.25) is 11.8 Å². The second kappa shape index (κ2) is 19.2. The number of aliphatic hydroxyl groups excluding tert-OH is 1. The molecule has 62 heavy (non-hydrogen) atoms. The molecular weight excluding hydrogens is 785 g/mol. The van der Waals surface area contributed by atoms with Crippen LogP contribution in [0.5, 0.6) is 0 Å². The predicted octanol–water partition coefficient (Wildman–Crippen LogP) is 6.18.